The van der Waals surface area contributed by atoms with Gasteiger partial charge in [0.05, 0.1) is 13.2 Å². The highest BCUT2D eigenvalue weighted by atomic mass is 19.1. The fraction of sp³-hybridized carbons (Fsp3) is 0.455. The van der Waals surface area contributed by atoms with Gasteiger partial charge in [0.2, 0.25) is 0 Å². The highest BCUT2D eigenvalue weighted by Crippen LogP contribution is 2.16. The lowest BCUT2D eigenvalue weighted by Gasteiger charge is -2.10. The van der Waals surface area contributed by atoms with E-state index in [0.717, 1.165) is 5.56 Å². The minimum Gasteiger partial charge on any atom is -0.394 e. The van der Waals surface area contributed by atoms with Crippen LogP contribution in [-0.2, 0) is 15.9 Å². The number of ether oxygens (including phenoxy) is 2. The van der Waals surface area contributed by atoms with Crippen LogP contribution in [0.5, 0.6) is 0 Å². The molecule has 4 heteroatoms. The van der Waals surface area contributed by atoms with Crippen molar-refractivity contribution in [2.75, 3.05) is 13.2 Å². The van der Waals surface area contributed by atoms with Crippen LogP contribution in [0, 0.1) is 5.82 Å². The fourth-order valence-corrected chi connectivity index (χ4v) is 1.57. The molecule has 3 nitrogen and oxygen atoms in total. The van der Waals surface area contributed by atoms with E-state index < -0.39 is 0 Å². The molecule has 0 aliphatic carbocycles. The molecule has 1 N–H and O–H groups in total. The fourth-order valence-electron chi connectivity index (χ4n) is 1.57. The van der Waals surface area contributed by atoms with E-state index in [1.807, 2.05) is 6.07 Å². The Balaban J connectivity index is 1.92. The first-order chi connectivity index (χ1) is 7.28. The van der Waals surface area contributed by atoms with Gasteiger partial charge in [0.1, 0.15) is 11.9 Å². The summed E-state index contributed by atoms with van der Waals surface area (Å²) in [5.74, 6) is -0.260. The maximum atomic E-state index is 12.9. The van der Waals surface area contributed by atoms with E-state index in [1.165, 1.54) is 12.1 Å². The molecular formula is C11H13FO3. The van der Waals surface area contributed by atoms with Gasteiger partial charge in [0, 0.05) is 6.42 Å². The standard InChI is InChI=1S/C11H13FO3/c12-9-3-1-2-8(4-9)5-11-14-7-10(6-13)15-11/h1-4,10-11,13H,5-7H2. The number of aliphatic hydroxyl groups excluding tert-OH is 1. The van der Waals surface area contributed by atoms with E-state index in [2.05, 4.69) is 0 Å². The molecule has 1 aliphatic heterocycles. The van der Waals surface area contributed by atoms with Crippen LogP contribution in [0.4, 0.5) is 4.39 Å². The minimum absolute atomic E-state index is 0.0420. The Hall–Kier alpha value is -0.970. The largest absolute Gasteiger partial charge is 0.394 e. The van der Waals surface area contributed by atoms with Crippen LogP contribution >= 0.6 is 0 Å². The van der Waals surface area contributed by atoms with Gasteiger partial charge in [-0.2, -0.15) is 0 Å². The molecule has 0 aromatic heterocycles. The molecule has 1 aromatic rings. The molecule has 1 heterocycles. The Morgan fingerprint density at radius 3 is 3.00 bits per heavy atom. The van der Waals surface area contributed by atoms with Gasteiger partial charge < -0.3 is 14.6 Å². The van der Waals surface area contributed by atoms with Crippen LogP contribution in [0.2, 0.25) is 0 Å². The molecular weight excluding hydrogens is 199 g/mol. The third-order valence-corrected chi connectivity index (χ3v) is 2.31. The number of hydrogen-bond acceptors (Lipinski definition) is 3. The van der Waals surface area contributed by atoms with Crippen LogP contribution in [-0.4, -0.2) is 30.7 Å². The van der Waals surface area contributed by atoms with Crippen LogP contribution in [0.15, 0.2) is 24.3 Å². The topological polar surface area (TPSA) is 38.7 Å². The Morgan fingerprint density at radius 2 is 2.33 bits per heavy atom. The zero-order chi connectivity index (χ0) is 10.7. The van der Waals surface area contributed by atoms with Crippen LogP contribution < -0.4 is 0 Å². The van der Waals surface area contributed by atoms with Crippen LogP contribution in [0.3, 0.4) is 0 Å². The van der Waals surface area contributed by atoms with Gasteiger partial charge in [-0.15, -0.1) is 0 Å². The second-order valence-corrected chi connectivity index (χ2v) is 3.54. The minimum atomic E-state index is -0.371. The second kappa shape index (κ2) is 4.70. The van der Waals surface area contributed by atoms with Crippen molar-refractivity contribution in [2.45, 2.75) is 18.8 Å². The summed E-state index contributed by atoms with van der Waals surface area (Å²) in [6.45, 7) is 0.357. The summed E-state index contributed by atoms with van der Waals surface area (Å²) in [4.78, 5) is 0. The first kappa shape index (κ1) is 10.5. The summed E-state index contributed by atoms with van der Waals surface area (Å²) in [6.07, 6.45) is -0.110. The maximum absolute atomic E-state index is 12.9. The molecule has 2 atom stereocenters. The lowest BCUT2D eigenvalue weighted by molar-refractivity contribution is -0.0633. The summed E-state index contributed by atoms with van der Waals surface area (Å²) in [5, 5.41) is 8.83. The van der Waals surface area contributed by atoms with Crippen molar-refractivity contribution in [1.82, 2.24) is 0 Å². The second-order valence-electron chi connectivity index (χ2n) is 3.54. The highest BCUT2D eigenvalue weighted by molar-refractivity contribution is 5.16. The highest BCUT2D eigenvalue weighted by Gasteiger charge is 2.25. The summed E-state index contributed by atoms with van der Waals surface area (Å²) >= 11 is 0. The van der Waals surface area contributed by atoms with E-state index in [-0.39, 0.29) is 24.8 Å². The number of halogens is 1. The molecule has 0 saturated carbocycles. The predicted octanol–water partition coefficient (Wildman–Crippen LogP) is 1.10. The van der Waals surface area contributed by atoms with Crippen molar-refractivity contribution >= 4 is 0 Å². The quantitative estimate of drug-likeness (QED) is 0.815. The zero-order valence-corrected chi connectivity index (χ0v) is 8.23. The van der Waals surface area contributed by atoms with E-state index in [1.54, 1.807) is 6.07 Å². The average Bonchev–Trinajstić information content (AvgIpc) is 2.65. The van der Waals surface area contributed by atoms with Gasteiger partial charge >= 0.3 is 0 Å². The molecule has 0 bridgehead atoms. The summed E-state index contributed by atoms with van der Waals surface area (Å²) in [7, 11) is 0. The molecule has 1 saturated heterocycles. The average molecular weight is 212 g/mol. The van der Waals surface area contributed by atoms with Crippen molar-refractivity contribution < 1.29 is 19.0 Å². The molecule has 82 valence electrons. The van der Waals surface area contributed by atoms with Gasteiger partial charge in [-0.25, -0.2) is 4.39 Å². The smallest absolute Gasteiger partial charge is 0.162 e. The molecule has 1 aliphatic rings. The molecule has 1 fully saturated rings. The number of rotatable bonds is 3. The maximum Gasteiger partial charge on any atom is 0.162 e. The molecule has 0 radical (unpaired) electrons. The van der Waals surface area contributed by atoms with Crippen molar-refractivity contribution in [3.8, 4) is 0 Å². The van der Waals surface area contributed by atoms with Crippen molar-refractivity contribution in [1.29, 1.82) is 0 Å². The summed E-state index contributed by atoms with van der Waals surface area (Å²) in [6, 6.07) is 6.33. The third-order valence-electron chi connectivity index (χ3n) is 2.31. The van der Waals surface area contributed by atoms with Crippen molar-refractivity contribution in [3.05, 3.63) is 35.6 Å². The van der Waals surface area contributed by atoms with Crippen molar-refractivity contribution in [2.24, 2.45) is 0 Å². The number of hydrogen-bond donors (Lipinski definition) is 1. The first-order valence-electron chi connectivity index (χ1n) is 4.90. The lowest BCUT2D eigenvalue weighted by Crippen LogP contribution is -2.17. The SMILES string of the molecule is OCC1COC(Cc2cccc(F)c2)O1. The molecule has 2 unspecified atom stereocenters. The van der Waals surface area contributed by atoms with Crippen LogP contribution in [0.1, 0.15) is 5.56 Å². The van der Waals surface area contributed by atoms with Gasteiger partial charge in [-0.3, -0.25) is 0 Å². The van der Waals surface area contributed by atoms with Crippen LogP contribution in [0.25, 0.3) is 0 Å². The van der Waals surface area contributed by atoms with Gasteiger partial charge in [-0.05, 0) is 17.7 Å². The Bertz CT molecular complexity index is 329. The summed E-state index contributed by atoms with van der Waals surface area (Å²) in [5.41, 5.74) is 0.832. The molecule has 15 heavy (non-hydrogen) atoms. The molecule has 1 aromatic carbocycles. The van der Waals surface area contributed by atoms with E-state index in [9.17, 15) is 4.39 Å². The number of aliphatic hydroxyl groups is 1. The number of benzene rings is 1. The Kier molecular flexibility index (Phi) is 3.30. The molecule has 0 amide bonds. The first-order valence-corrected chi connectivity index (χ1v) is 4.90. The van der Waals surface area contributed by atoms with Gasteiger partial charge in [-0.1, -0.05) is 12.1 Å². The van der Waals surface area contributed by atoms with E-state index >= 15 is 0 Å². The van der Waals surface area contributed by atoms with E-state index in [4.69, 9.17) is 14.6 Å². The lowest BCUT2D eigenvalue weighted by atomic mass is 10.1. The monoisotopic (exact) mass is 212 g/mol. The predicted molar refractivity (Wildman–Crippen MR) is 51.8 cm³/mol. The van der Waals surface area contributed by atoms with Crippen molar-refractivity contribution in [3.63, 3.8) is 0 Å². The summed E-state index contributed by atoms with van der Waals surface area (Å²) < 4.78 is 23.5. The van der Waals surface area contributed by atoms with Gasteiger partial charge in [0.15, 0.2) is 6.29 Å². The van der Waals surface area contributed by atoms with E-state index in [0.29, 0.717) is 13.0 Å². The van der Waals surface area contributed by atoms with Gasteiger partial charge in [0.25, 0.3) is 0 Å². The zero-order valence-electron chi connectivity index (χ0n) is 8.23. The Morgan fingerprint density at radius 1 is 1.47 bits per heavy atom. The Labute approximate surface area is 87.4 Å². The normalized spacial score (nSPS) is 25.7. The molecule has 2 rings (SSSR count). The molecule has 0 spiro atoms. The third kappa shape index (κ3) is 2.75.